The van der Waals surface area contributed by atoms with Crippen molar-refractivity contribution in [2.24, 2.45) is 0 Å². The summed E-state index contributed by atoms with van der Waals surface area (Å²) in [6, 6.07) is 19.5. The zero-order chi connectivity index (χ0) is 21.9. The molecule has 0 aromatic heterocycles. The number of hydrogen-bond acceptors (Lipinski definition) is 4. The maximum absolute atomic E-state index is 9.73. The Labute approximate surface area is 173 Å². The van der Waals surface area contributed by atoms with Gasteiger partial charge in [-0.3, -0.25) is 0 Å². The minimum Gasteiger partial charge on any atom is -0.387 e. The molecule has 0 aliphatic carbocycles. The van der Waals surface area contributed by atoms with Crippen LogP contribution in [0.25, 0.3) is 0 Å². The third kappa shape index (κ3) is 11.2. The summed E-state index contributed by atoms with van der Waals surface area (Å²) in [4.78, 5) is 0. The van der Waals surface area contributed by atoms with E-state index in [0.29, 0.717) is 0 Å². The molecule has 0 heterocycles. The summed E-state index contributed by atoms with van der Waals surface area (Å²) < 4.78 is 0. The first kappa shape index (κ1) is 28.5. The highest BCUT2D eigenvalue weighted by atomic mass is 16.3. The molecule has 0 radical (unpaired) electrons. The Kier molecular flexibility index (Phi) is 19.0. The number of aliphatic hydroxyl groups is 2. The molecule has 0 saturated heterocycles. The van der Waals surface area contributed by atoms with Crippen molar-refractivity contribution in [2.45, 2.75) is 65.8 Å². The van der Waals surface area contributed by atoms with Crippen molar-refractivity contribution >= 4 is 0 Å². The third-order valence-corrected chi connectivity index (χ3v) is 4.14. The van der Waals surface area contributed by atoms with E-state index in [-0.39, 0.29) is 12.1 Å². The van der Waals surface area contributed by atoms with E-state index in [4.69, 9.17) is 0 Å². The van der Waals surface area contributed by atoms with Crippen LogP contribution < -0.4 is 10.6 Å². The molecule has 0 bridgehead atoms. The van der Waals surface area contributed by atoms with E-state index in [2.05, 4.69) is 10.6 Å². The molecule has 2 rings (SSSR count). The van der Waals surface area contributed by atoms with Gasteiger partial charge in [0, 0.05) is 12.1 Å². The normalized spacial score (nSPS) is 13.8. The summed E-state index contributed by atoms with van der Waals surface area (Å²) in [5, 5.41) is 25.5. The Morgan fingerprint density at radius 2 is 0.821 bits per heavy atom. The van der Waals surface area contributed by atoms with E-state index in [9.17, 15) is 10.2 Å². The molecule has 2 aromatic carbocycles. The molecule has 160 valence electrons. The van der Waals surface area contributed by atoms with Crippen LogP contribution in [0, 0.1) is 0 Å². The highest BCUT2D eigenvalue weighted by Gasteiger charge is 2.13. The van der Waals surface area contributed by atoms with Gasteiger partial charge in [0.05, 0.1) is 12.2 Å². The van der Waals surface area contributed by atoms with Gasteiger partial charge >= 0.3 is 0 Å². The molecule has 4 atom stereocenters. The fourth-order valence-electron chi connectivity index (χ4n) is 2.19. The zero-order valence-electron chi connectivity index (χ0n) is 19.0. The van der Waals surface area contributed by atoms with E-state index in [1.807, 2.05) is 116 Å². The first-order chi connectivity index (χ1) is 13.5. The lowest BCUT2D eigenvalue weighted by molar-refractivity contribution is 0.140. The average Bonchev–Trinajstić information content (AvgIpc) is 2.81. The third-order valence-electron chi connectivity index (χ3n) is 4.14. The molecular formula is C24H42N2O2. The van der Waals surface area contributed by atoms with Crippen LogP contribution in [0.4, 0.5) is 0 Å². The van der Waals surface area contributed by atoms with Crippen LogP contribution in [0.1, 0.15) is 64.9 Å². The van der Waals surface area contributed by atoms with Gasteiger partial charge in [-0.15, -0.1) is 0 Å². The van der Waals surface area contributed by atoms with Crippen molar-refractivity contribution in [1.82, 2.24) is 10.6 Å². The predicted molar refractivity (Wildman–Crippen MR) is 123 cm³/mol. The van der Waals surface area contributed by atoms with E-state index in [1.54, 1.807) is 0 Å². The van der Waals surface area contributed by atoms with Crippen LogP contribution in [-0.4, -0.2) is 36.4 Å². The lowest BCUT2D eigenvalue weighted by Crippen LogP contribution is -2.28. The van der Waals surface area contributed by atoms with E-state index >= 15 is 0 Å². The van der Waals surface area contributed by atoms with Gasteiger partial charge in [0.15, 0.2) is 0 Å². The zero-order valence-corrected chi connectivity index (χ0v) is 19.0. The summed E-state index contributed by atoms with van der Waals surface area (Å²) in [6.45, 7) is 11.9. The second-order valence-corrected chi connectivity index (χ2v) is 5.87. The Morgan fingerprint density at radius 1 is 0.571 bits per heavy atom. The van der Waals surface area contributed by atoms with Crippen LogP contribution in [-0.2, 0) is 0 Å². The van der Waals surface area contributed by atoms with E-state index in [1.165, 1.54) is 0 Å². The Balaban J connectivity index is 0. The molecule has 2 aromatic rings. The lowest BCUT2D eigenvalue weighted by Gasteiger charge is -2.17. The van der Waals surface area contributed by atoms with Gasteiger partial charge in [-0.05, 0) is 39.1 Å². The average molecular weight is 391 g/mol. The largest absolute Gasteiger partial charge is 0.387 e. The summed E-state index contributed by atoms with van der Waals surface area (Å²) in [5.41, 5.74) is 1.92. The molecular weight excluding hydrogens is 348 g/mol. The molecule has 0 spiro atoms. The topological polar surface area (TPSA) is 64.5 Å². The van der Waals surface area contributed by atoms with Gasteiger partial charge in [-0.1, -0.05) is 88.4 Å². The van der Waals surface area contributed by atoms with Crippen LogP contribution in [0.3, 0.4) is 0 Å². The number of aliphatic hydroxyl groups excluding tert-OH is 2. The number of likely N-dealkylation sites (N-methyl/N-ethyl adjacent to an activating group) is 2. The minimum atomic E-state index is -0.420. The molecule has 4 N–H and O–H groups in total. The highest BCUT2D eigenvalue weighted by Crippen LogP contribution is 2.16. The molecule has 0 unspecified atom stereocenters. The van der Waals surface area contributed by atoms with E-state index < -0.39 is 12.2 Å². The smallest absolute Gasteiger partial charge is 0.0940 e. The van der Waals surface area contributed by atoms with Crippen LogP contribution in [0.15, 0.2) is 60.7 Å². The molecule has 4 heteroatoms. The van der Waals surface area contributed by atoms with Crippen molar-refractivity contribution in [3.05, 3.63) is 71.8 Å². The second-order valence-electron chi connectivity index (χ2n) is 5.87. The van der Waals surface area contributed by atoms with Crippen molar-refractivity contribution in [3.8, 4) is 0 Å². The van der Waals surface area contributed by atoms with Gasteiger partial charge < -0.3 is 20.8 Å². The summed E-state index contributed by atoms with van der Waals surface area (Å²) in [7, 11) is 3.69. The van der Waals surface area contributed by atoms with E-state index in [0.717, 1.165) is 11.1 Å². The van der Waals surface area contributed by atoms with Gasteiger partial charge in [-0.25, -0.2) is 0 Å². The fourth-order valence-corrected chi connectivity index (χ4v) is 2.19. The molecule has 0 fully saturated rings. The molecule has 4 nitrogen and oxygen atoms in total. The number of nitrogens with one attached hydrogen (secondary N) is 2. The number of hydrogen-bond donors (Lipinski definition) is 4. The molecule has 0 saturated carbocycles. The van der Waals surface area contributed by atoms with Gasteiger partial charge in [0.25, 0.3) is 0 Å². The maximum Gasteiger partial charge on any atom is 0.0940 e. The molecule has 0 aliphatic rings. The first-order valence-corrected chi connectivity index (χ1v) is 10.3. The highest BCUT2D eigenvalue weighted by molar-refractivity contribution is 5.19. The molecule has 28 heavy (non-hydrogen) atoms. The minimum absolute atomic E-state index is 0.0902. The van der Waals surface area contributed by atoms with Gasteiger partial charge in [0.2, 0.25) is 0 Å². The monoisotopic (exact) mass is 390 g/mol. The second kappa shape index (κ2) is 18.6. The van der Waals surface area contributed by atoms with Crippen LogP contribution >= 0.6 is 0 Å². The van der Waals surface area contributed by atoms with Gasteiger partial charge in [0.1, 0.15) is 0 Å². The van der Waals surface area contributed by atoms with Crippen LogP contribution in [0.5, 0.6) is 0 Å². The maximum atomic E-state index is 9.73. The number of rotatable bonds is 6. The van der Waals surface area contributed by atoms with Crippen molar-refractivity contribution in [2.75, 3.05) is 14.1 Å². The SMILES string of the molecule is CC.CC.CN[C@@H](C)[C@@H](O)c1ccccc1.CN[C@H](C)[C@H](O)c1ccccc1. The Hall–Kier alpha value is -1.72. The summed E-state index contributed by atoms with van der Waals surface area (Å²) >= 11 is 0. The first-order valence-electron chi connectivity index (χ1n) is 10.3. The summed E-state index contributed by atoms with van der Waals surface area (Å²) in [5.74, 6) is 0. The fraction of sp³-hybridized carbons (Fsp3) is 0.500. The summed E-state index contributed by atoms with van der Waals surface area (Å²) in [6.07, 6.45) is -0.840. The standard InChI is InChI=1S/2C10H15NO.2C2H6/c2*1-8(11-2)10(12)9-6-4-3-5-7-9;2*1-2/h2*3-8,10-12H,1-2H3;2*1-2H3/t2*8-,10+;;/m10../s1. The predicted octanol–water partition coefficient (Wildman–Crippen LogP) is 4.71. The van der Waals surface area contributed by atoms with Crippen LogP contribution in [0.2, 0.25) is 0 Å². The lowest BCUT2D eigenvalue weighted by atomic mass is 10.0. The van der Waals surface area contributed by atoms with Gasteiger partial charge in [-0.2, -0.15) is 0 Å². The Morgan fingerprint density at radius 3 is 1.04 bits per heavy atom. The quantitative estimate of drug-likeness (QED) is 0.577. The van der Waals surface area contributed by atoms with Crippen molar-refractivity contribution in [1.29, 1.82) is 0 Å². The van der Waals surface area contributed by atoms with Crippen molar-refractivity contribution in [3.63, 3.8) is 0 Å². The van der Waals surface area contributed by atoms with Crippen molar-refractivity contribution < 1.29 is 10.2 Å². The number of benzene rings is 2. The molecule has 0 amide bonds. The molecule has 0 aliphatic heterocycles. The Bertz CT molecular complexity index is 498.